The number of fused-ring (bicyclic) bond motifs is 1. The van der Waals surface area contributed by atoms with Crippen molar-refractivity contribution >= 4 is 16.8 Å². The highest BCUT2D eigenvalue weighted by atomic mass is 16.3. The number of para-hydroxylation sites is 1. The zero-order valence-corrected chi connectivity index (χ0v) is 16.0. The zero-order valence-electron chi connectivity index (χ0n) is 16.0. The summed E-state index contributed by atoms with van der Waals surface area (Å²) in [4.78, 5) is 33.8. The third kappa shape index (κ3) is 3.84. The van der Waals surface area contributed by atoms with E-state index in [1.54, 1.807) is 18.7 Å². The molecule has 7 nitrogen and oxygen atoms in total. The Balaban J connectivity index is 1.33. The second-order valence-electron chi connectivity index (χ2n) is 7.20. The number of carbonyl (C=O) groups is 1. The summed E-state index contributed by atoms with van der Waals surface area (Å²) in [6.45, 7) is 6.10. The molecule has 1 aromatic carbocycles. The van der Waals surface area contributed by atoms with E-state index in [0.29, 0.717) is 31.4 Å². The molecule has 1 aliphatic heterocycles. The van der Waals surface area contributed by atoms with Gasteiger partial charge in [-0.3, -0.25) is 19.1 Å². The molecule has 0 atom stereocenters. The van der Waals surface area contributed by atoms with Gasteiger partial charge in [-0.15, -0.1) is 0 Å². The summed E-state index contributed by atoms with van der Waals surface area (Å²) in [5, 5.41) is 0.599. The molecule has 4 rings (SSSR count). The second-order valence-corrected chi connectivity index (χ2v) is 7.20. The molecule has 1 amide bonds. The van der Waals surface area contributed by atoms with Crippen molar-refractivity contribution in [2.45, 2.75) is 26.4 Å². The number of piperazine rings is 1. The van der Waals surface area contributed by atoms with E-state index in [9.17, 15) is 9.59 Å². The lowest BCUT2D eigenvalue weighted by Gasteiger charge is -2.34. The van der Waals surface area contributed by atoms with Crippen LogP contribution in [0, 0.1) is 6.92 Å². The van der Waals surface area contributed by atoms with E-state index in [0.717, 1.165) is 36.5 Å². The minimum atomic E-state index is -0.0928. The van der Waals surface area contributed by atoms with Crippen LogP contribution in [0.4, 0.5) is 0 Å². The number of nitrogens with zero attached hydrogens (tertiary/aromatic N) is 4. The Kier molecular flexibility index (Phi) is 5.25. The zero-order chi connectivity index (χ0) is 19.5. The number of hydrogen-bond donors (Lipinski definition) is 0. The second kappa shape index (κ2) is 7.98. The van der Waals surface area contributed by atoms with Crippen LogP contribution in [-0.2, 0) is 17.9 Å². The van der Waals surface area contributed by atoms with Gasteiger partial charge < -0.3 is 9.32 Å². The molecule has 0 spiro atoms. The van der Waals surface area contributed by atoms with Crippen molar-refractivity contribution in [1.82, 2.24) is 19.4 Å². The van der Waals surface area contributed by atoms with E-state index in [1.807, 2.05) is 36.1 Å². The molecule has 1 fully saturated rings. The van der Waals surface area contributed by atoms with Crippen LogP contribution in [0.2, 0.25) is 0 Å². The molecule has 28 heavy (non-hydrogen) atoms. The van der Waals surface area contributed by atoms with Gasteiger partial charge >= 0.3 is 0 Å². The van der Waals surface area contributed by atoms with E-state index >= 15 is 0 Å². The highest BCUT2D eigenvalue weighted by Gasteiger charge is 2.21. The van der Waals surface area contributed by atoms with Gasteiger partial charge in [0, 0.05) is 39.1 Å². The molecule has 1 aliphatic rings. The Morgan fingerprint density at radius 3 is 2.71 bits per heavy atom. The lowest BCUT2D eigenvalue weighted by molar-refractivity contribution is -0.133. The van der Waals surface area contributed by atoms with Crippen LogP contribution in [-0.4, -0.2) is 51.4 Å². The van der Waals surface area contributed by atoms with Crippen LogP contribution in [0.25, 0.3) is 10.9 Å². The van der Waals surface area contributed by atoms with Gasteiger partial charge in [0.25, 0.3) is 5.56 Å². The molecule has 1 saturated heterocycles. The van der Waals surface area contributed by atoms with Gasteiger partial charge in [-0.1, -0.05) is 12.1 Å². The molecule has 0 N–H and O–H groups in total. The van der Waals surface area contributed by atoms with Crippen molar-refractivity contribution in [3.05, 3.63) is 64.6 Å². The summed E-state index contributed by atoms with van der Waals surface area (Å²) in [5.41, 5.74) is 1.61. The molecule has 7 heteroatoms. The Morgan fingerprint density at radius 2 is 1.96 bits per heavy atom. The lowest BCUT2D eigenvalue weighted by Crippen LogP contribution is -2.48. The summed E-state index contributed by atoms with van der Waals surface area (Å²) >= 11 is 0. The summed E-state index contributed by atoms with van der Waals surface area (Å²) in [7, 11) is 0. The molecule has 0 saturated carbocycles. The minimum Gasteiger partial charge on any atom is -0.468 e. The fourth-order valence-corrected chi connectivity index (χ4v) is 3.65. The van der Waals surface area contributed by atoms with Gasteiger partial charge in [0.1, 0.15) is 5.76 Å². The smallest absolute Gasteiger partial charge is 0.261 e. The van der Waals surface area contributed by atoms with Crippen LogP contribution in [0.3, 0.4) is 0 Å². The first kappa shape index (κ1) is 18.4. The minimum absolute atomic E-state index is 0.0777. The number of furan rings is 1. The number of carbonyl (C=O) groups excluding carboxylic acids is 1. The fourth-order valence-electron chi connectivity index (χ4n) is 3.65. The molecule has 2 aromatic heterocycles. The van der Waals surface area contributed by atoms with Gasteiger partial charge in [-0.25, -0.2) is 4.98 Å². The summed E-state index contributed by atoms with van der Waals surface area (Å²) < 4.78 is 6.92. The first-order valence-corrected chi connectivity index (χ1v) is 9.59. The number of amides is 1. The average Bonchev–Trinajstić information content (AvgIpc) is 3.21. The van der Waals surface area contributed by atoms with Crippen LogP contribution in [0.5, 0.6) is 0 Å². The highest BCUT2D eigenvalue weighted by molar-refractivity contribution is 5.80. The number of hydrogen-bond acceptors (Lipinski definition) is 5. The number of aromatic nitrogens is 2. The quantitative estimate of drug-likeness (QED) is 0.677. The van der Waals surface area contributed by atoms with Gasteiger partial charge in [0.2, 0.25) is 5.91 Å². The van der Waals surface area contributed by atoms with Crippen LogP contribution in [0.15, 0.2) is 52.1 Å². The number of rotatable bonds is 5. The van der Waals surface area contributed by atoms with Crippen molar-refractivity contribution in [1.29, 1.82) is 0 Å². The van der Waals surface area contributed by atoms with Gasteiger partial charge in [0.05, 0.1) is 30.0 Å². The van der Waals surface area contributed by atoms with Crippen molar-refractivity contribution < 1.29 is 9.21 Å². The standard InChI is InChI=1S/C21H24N4O3/c1-16-4-2-6-18-20(16)22-15-25(21(18)27)8-7-19(26)24-11-9-23(10-12-24)14-17-5-3-13-28-17/h2-6,13,15H,7-12,14H2,1H3. The van der Waals surface area contributed by atoms with E-state index in [1.165, 1.54) is 4.57 Å². The maximum absolute atomic E-state index is 12.6. The van der Waals surface area contributed by atoms with Crippen molar-refractivity contribution in [3.8, 4) is 0 Å². The molecular weight excluding hydrogens is 356 g/mol. The molecule has 0 bridgehead atoms. The van der Waals surface area contributed by atoms with Crippen LogP contribution in [0.1, 0.15) is 17.7 Å². The summed E-state index contributed by atoms with van der Waals surface area (Å²) in [5.74, 6) is 1.02. The predicted octanol–water partition coefficient (Wildman–Crippen LogP) is 2.03. The van der Waals surface area contributed by atoms with Crippen molar-refractivity contribution in [2.24, 2.45) is 0 Å². The lowest BCUT2D eigenvalue weighted by atomic mass is 10.1. The first-order valence-electron chi connectivity index (χ1n) is 9.59. The maximum atomic E-state index is 12.6. The van der Waals surface area contributed by atoms with Crippen LogP contribution >= 0.6 is 0 Å². The van der Waals surface area contributed by atoms with Gasteiger partial charge in [0.15, 0.2) is 0 Å². The molecule has 3 aromatic rings. The number of benzene rings is 1. The monoisotopic (exact) mass is 380 g/mol. The molecule has 0 unspecified atom stereocenters. The van der Waals surface area contributed by atoms with Crippen molar-refractivity contribution in [2.75, 3.05) is 26.2 Å². The average molecular weight is 380 g/mol. The predicted molar refractivity (Wildman–Crippen MR) is 106 cm³/mol. The third-order valence-electron chi connectivity index (χ3n) is 5.31. The van der Waals surface area contributed by atoms with E-state index in [2.05, 4.69) is 9.88 Å². The largest absolute Gasteiger partial charge is 0.468 e. The molecule has 3 heterocycles. The summed E-state index contributed by atoms with van der Waals surface area (Å²) in [6.07, 6.45) is 3.53. The molecule has 146 valence electrons. The number of aryl methyl sites for hydroxylation is 2. The topological polar surface area (TPSA) is 71.6 Å². The Morgan fingerprint density at radius 1 is 1.14 bits per heavy atom. The molecular formula is C21H24N4O3. The third-order valence-corrected chi connectivity index (χ3v) is 5.31. The van der Waals surface area contributed by atoms with E-state index in [-0.39, 0.29) is 11.5 Å². The van der Waals surface area contributed by atoms with Crippen LogP contribution < -0.4 is 5.56 Å². The Bertz CT molecular complexity index is 1020. The SMILES string of the molecule is Cc1cccc2c(=O)n(CCC(=O)N3CCN(Cc4ccco4)CC3)cnc12. The Labute approximate surface area is 163 Å². The normalized spacial score (nSPS) is 15.2. The Hall–Kier alpha value is -2.93. The van der Waals surface area contributed by atoms with E-state index in [4.69, 9.17) is 4.42 Å². The fraction of sp³-hybridized carbons (Fsp3) is 0.381. The summed E-state index contributed by atoms with van der Waals surface area (Å²) in [6, 6.07) is 9.44. The van der Waals surface area contributed by atoms with Crippen molar-refractivity contribution in [3.63, 3.8) is 0 Å². The molecule has 0 aliphatic carbocycles. The molecule has 0 radical (unpaired) electrons. The first-order chi connectivity index (χ1) is 13.6. The van der Waals surface area contributed by atoms with Gasteiger partial charge in [-0.2, -0.15) is 0 Å². The van der Waals surface area contributed by atoms with E-state index < -0.39 is 0 Å². The maximum Gasteiger partial charge on any atom is 0.261 e. The van der Waals surface area contributed by atoms with Gasteiger partial charge in [-0.05, 0) is 30.7 Å². The highest BCUT2D eigenvalue weighted by Crippen LogP contribution is 2.12.